The highest BCUT2D eigenvalue weighted by molar-refractivity contribution is 8.04. The Bertz CT molecular complexity index is 621. The molecule has 0 aromatic carbocycles. The van der Waals surface area contributed by atoms with Crippen LogP contribution in [0.5, 0.6) is 0 Å². The molecule has 3 rings (SSSR count). The fourth-order valence-electron chi connectivity index (χ4n) is 2.07. The topological polar surface area (TPSA) is 83.7 Å². The van der Waals surface area contributed by atoms with Crippen LogP contribution < -0.4 is 10.6 Å². The van der Waals surface area contributed by atoms with Gasteiger partial charge in [-0.05, 0) is 19.9 Å². The first kappa shape index (κ1) is 12.2. The van der Waals surface area contributed by atoms with Gasteiger partial charge in [0.05, 0.1) is 11.9 Å². The minimum atomic E-state index is -0.216. The van der Waals surface area contributed by atoms with Crippen LogP contribution in [0.4, 0.5) is 5.95 Å². The Balaban J connectivity index is 2.08. The van der Waals surface area contributed by atoms with E-state index in [9.17, 15) is 0 Å². The van der Waals surface area contributed by atoms with Crippen molar-refractivity contribution in [2.24, 2.45) is 5.73 Å². The summed E-state index contributed by atoms with van der Waals surface area (Å²) in [7, 11) is 0. The lowest BCUT2D eigenvalue weighted by Crippen LogP contribution is -2.35. The normalized spacial score (nSPS) is 19.3. The lowest BCUT2D eigenvalue weighted by molar-refractivity contribution is 0.880. The number of anilines is 1. The summed E-state index contributed by atoms with van der Waals surface area (Å²) in [6, 6.07) is 1.87. The molecule has 1 atom stereocenters. The zero-order valence-electron chi connectivity index (χ0n) is 10.7. The van der Waals surface area contributed by atoms with Crippen molar-refractivity contribution in [1.29, 1.82) is 0 Å². The maximum Gasteiger partial charge on any atom is 0.232 e. The van der Waals surface area contributed by atoms with E-state index in [1.807, 2.05) is 31.0 Å². The van der Waals surface area contributed by atoms with Crippen LogP contribution in [0.2, 0.25) is 0 Å². The maximum atomic E-state index is 6.18. The number of nitrogens with two attached hydrogens (primary N) is 1. The van der Waals surface area contributed by atoms with Gasteiger partial charge in [-0.15, -0.1) is 0 Å². The zero-order valence-corrected chi connectivity index (χ0v) is 11.5. The number of aromatic amines is 1. The number of aryl methyl sites for hydroxylation is 1. The van der Waals surface area contributed by atoms with E-state index in [0.29, 0.717) is 5.95 Å². The molecule has 0 bridgehead atoms. The SMILES string of the molecule is CC1=C(c2cn[nH]c2)N(c2nccc(C)n2)C(N)S1. The minimum absolute atomic E-state index is 0.216. The number of allylic oxidation sites excluding steroid dienone is 1. The van der Waals surface area contributed by atoms with Crippen LogP contribution in [0, 0.1) is 6.92 Å². The first-order valence-corrected chi connectivity index (χ1v) is 6.76. The zero-order chi connectivity index (χ0) is 13.4. The fraction of sp³-hybridized carbons (Fsp3) is 0.250. The number of hydrogen-bond acceptors (Lipinski definition) is 6. The summed E-state index contributed by atoms with van der Waals surface area (Å²) >= 11 is 1.60. The molecule has 3 heterocycles. The highest BCUT2D eigenvalue weighted by Crippen LogP contribution is 2.41. The Morgan fingerprint density at radius 1 is 1.42 bits per heavy atom. The van der Waals surface area contributed by atoms with Gasteiger partial charge in [-0.1, -0.05) is 11.8 Å². The Kier molecular flexibility index (Phi) is 3.00. The van der Waals surface area contributed by atoms with Crippen molar-refractivity contribution in [2.45, 2.75) is 19.3 Å². The maximum absolute atomic E-state index is 6.18. The largest absolute Gasteiger partial charge is 0.302 e. The molecule has 0 amide bonds. The van der Waals surface area contributed by atoms with Crippen LogP contribution >= 0.6 is 11.8 Å². The molecule has 0 saturated heterocycles. The van der Waals surface area contributed by atoms with E-state index in [2.05, 4.69) is 20.2 Å². The lowest BCUT2D eigenvalue weighted by Gasteiger charge is -2.23. The third-order valence-corrected chi connectivity index (χ3v) is 3.89. The molecule has 1 aliphatic rings. The smallest absolute Gasteiger partial charge is 0.232 e. The molecule has 0 spiro atoms. The average Bonchev–Trinajstić information content (AvgIpc) is 2.96. The highest BCUT2D eigenvalue weighted by atomic mass is 32.2. The standard InChI is InChI=1S/C12H14N6S/c1-7-3-4-14-12(17-7)18-10(8(2)19-11(18)13)9-5-15-16-6-9/h3-6,11H,13H2,1-2H3,(H,15,16). The van der Waals surface area contributed by atoms with Crippen molar-refractivity contribution in [2.75, 3.05) is 4.90 Å². The van der Waals surface area contributed by atoms with Gasteiger partial charge in [-0.25, -0.2) is 9.97 Å². The van der Waals surface area contributed by atoms with Crippen molar-refractivity contribution in [3.8, 4) is 0 Å². The first-order valence-electron chi connectivity index (χ1n) is 5.88. The molecule has 7 heteroatoms. The van der Waals surface area contributed by atoms with E-state index >= 15 is 0 Å². The van der Waals surface area contributed by atoms with Crippen LogP contribution in [-0.4, -0.2) is 25.7 Å². The molecule has 0 fully saturated rings. The number of nitrogens with one attached hydrogen (secondary N) is 1. The molecule has 2 aromatic heterocycles. The molecule has 1 aliphatic heterocycles. The van der Waals surface area contributed by atoms with Gasteiger partial charge in [-0.3, -0.25) is 10.00 Å². The second kappa shape index (κ2) is 4.67. The van der Waals surface area contributed by atoms with Crippen LogP contribution in [0.1, 0.15) is 18.2 Å². The van der Waals surface area contributed by atoms with E-state index < -0.39 is 0 Å². The van der Waals surface area contributed by atoms with Crippen LogP contribution in [0.15, 0.2) is 29.6 Å². The van der Waals surface area contributed by atoms with Gasteiger partial charge in [0, 0.05) is 28.6 Å². The van der Waals surface area contributed by atoms with Gasteiger partial charge in [0.1, 0.15) is 5.50 Å². The quantitative estimate of drug-likeness (QED) is 0.867. The molecular formula is C12H14N6S. The molecule has 0 radical (unpaired) electrons. The van der Waals surface area contributed by atoms with Crippen molar-refractivity contribution < 1.29 is 0 Å². The van der Waals surface area contributed by atoms with Gasteiger partial charge >= 0.3 is 0 Å². The molecule has 2 aromatic rings. The number of thioether (sulfide) groups is 1. The Labute approximate surface area is 115 Å². The predicted octanol–water partition coefficient (Wildman–Crippen LogP) is 1.69. The van der Waals surface area contributed by atoms with Gasteiger partial charge in [0.15, 0.2) is 0 Å². The van der Waals surface area contributed by atoms with Crippen LogP contribution in [0.25, 0.3) is 5.70 Å². The molecule has 19 heavy (non-hydrogen) atoms. The summed E-state index contributed by atoms with van der Waals surface area (Å²) in [5.41, 5.74) is 8.88. The molecule has 0 saturated carbocycles. The number of rotatable bonds is 2. The monoisotopic (exact) mass is 274 g/mol. The van der Waals surface area contributed by atoms with Crippen molar-refractivity contribution in [3.05, 3.63) is 40.8 Å². The van der Waals surface area contributed by atoms with Gasteiger partial charge in [-0.2, -0.15) is 5.10 Å². The second-order valence-corrected chi connectivity index (χ2v) is 5.60. The van der Waals surface area contributed by atoms with Gasteiger partial charge < -0.3 is 5.73 Å². The van der Waals surface area contributed by atoms with Crippen LogP contribution in [0.3, 0.4) is 0 Å². The molecular weight excluding hydrogens is 260 g/mol. The highest BCUT2D eigenvalue weighted by Gasteiger charge is 2.32. The summed E-state index contributed by atoms with van der Waals surface area (Å²) in [6.45, 7) is 3.98. The van der Waals surface area contributed by atoms with Crippen LogP contribution in [-0.2, 0) is 0 Å². The Morgan fingerprint density at radius 3 is 2.95 bits per heavy atom. The second-order valence-electron chi connectivity index (χ2n) is 4.27. The summed E-state index contributed by atoms with van der Waals surface area (Å²) < 4.78 is 0. The van der Waals surface area contributed by atoms with Gasteiger partial charge in [0.2, 0.25) is 5.95 Å². The summed E-state index contributed by atoms with van der Waals surface area (Å²) in [4.78, 5) is 11.9. The summed E-state index contributed by atoms with van der Waals surface area (Å²) in [5.74, 6) is 0.619. The molecule has 0 aliphatic carbocycles. The third-order valence-electron chi connectivity index (χ3n) is 2.90. The molecule has 98 valence electrons. The molecule has 3 N–H and O–H groups in total. The average molecular weight is 274 g/mol. The van der Waals surface area contributed by atoms with Crippen molar-refractivity contribution in [3.63, 3.8) is 0 Å². The Morgan fingerprint density at radius 2 is 2.26 bits per heavy atom. The molecule has 6 nitrogen and oxygen atoms in total. The third kappa shape index (κ3) is 2.11. The van der Waals surface area contributed by atoms with E-state index in [-0.39, 0.29) is 5.50 Å². The van der Waals surface area contributed by atoms with E-state index in [1.165, 1.54) is 0 Å². The van der Waals surface area contributed by atoms with E-state index in [4.69, 9.17) is 5.73 Å². The number of H-pyrrole nitrogens is 1. The van der Waals surface area contributed by atoms with E-state index in [0.717, 1.165) is 21.9 Å². The number of hydrogen-bond donors (Lipinski definition) is 2. The lowest BCUT2D eigenvalue weighted by atomic mass is 10.2. The fourth-order valence-corrected chi connectivity index (χ4v) is 3.07. The Hall–Kier alpha value is -1.86. The van der Waals surface area contributed by atoms with E-state index in [1.54, 1.807) is 24.2 Å². The van der Waals surface area contributed by atoms with Gasteiger partial charge in [0.25, 0.3) is 0 Å². The predicted molar refractivity (Wildman–Crippen MR) is 76.0 cm³/mol. The first-order chi connectivity index (χ1) is 9.16. The van der Waals surface area contributed by atoms with Crippen molar-refractivity contribution in [1.82, 2.24) is 20.2 Å². The summed E-state index contributed by atoms with van der Waals surface area (Å²) in [6.07, 6.45) is 5.37. The number of nitrogens with zero attached hydrogens (tertiary/aromatic N) is 4. The van der Waals surface area contributed by atoms with Crippen molar-refractivity contribution >= 4 is 23.4 Å². The summed E-state index contributed by atoms with van der Waals surface area (Å²) in [5, 5.41) is 6.82. The number of aromatic nitrogens is 4. The molecule has 1 unspecified atom stereocenters. The minimum Gasteiger partial charge on any atom is -0.302 e.